The van der Waals surface area contributed by atoms with E-state index in [0.29, 0.717) is 63.2 Å². The molecule has 9 heteroatoms. The standard InChI is InChI=1S/C33H47N3O6/c1-6-19-34(20-7-2)29(38)26-27-30(39)36(22-11-10-12-23-37)28(33(27)18-17-32(26,9-4)42-33)31(40)35(21-8-3)24-13-15-25(41-5)16-14-24/h6,8,13-16,26-28,37H,1,3,7,9-12,17-23H2,2,4-5H3/t26-,27-,28?,32+,33?/m0/s1. The van der Waals surface area contributed by atoms with Crippen molar-refractivity contribution in [3.8, 4) is 5.75 Å². The number of carbonyl (C=O) groups is 3. The van der Waals surface area contributed by atoms with Crippen molar-refractivity contribution in [2.45, 2.75) is 76.0 Å². The summed E-state index contributed by atoms with van der Waals surface area (Å²) in [6.45, 7) is 13.4. The molecule has 1 aromatic carbocycles. The quantitative estimate of drug-likeness (QED) is 0.234. The van der Waals surface area contributed by atoms with Crippen molar-refractivity contribution in [2.24, 2.45) is 11.8 Å². The van der Waals surface area contributed by atoms with Crippen LogP contribution in [0, 0.1) is 11.8 Å². The molecule has 3 heterocycles. The molecule has 230 valence electrons. The molecule has 1 spiro atoms. The molecule has 0 aliphatic carbocycles. The third kappa shape index (κ3) is 5.37. The van der Waals surface area contributed by atoms with E-state index in [-0.39, 0.29) is 30.9 Å². The Morgan fingerprint density at radius 2 is 1.81 bits per heavy atom. The molecule has 3 fully saturated rings. The number of hydrogen-bond acceptors (Lipinski definition) is 6. The molecule has 42 heavy (non-hydrogen) atoms. The Morgan fingerprint density at radius 3 is 2.40 bits per heavy atom. The van der Waals surface area contributed by atoms with E-state index in [0.717, 1.165) is 12.8 Å². The molecule has 4 rings (SSSR count). The van der Waals surface area contributed by atoms with Gasteiger partial charge in [0.15, 0.2) is 0 Å². The first-order valence-electron chi connectivity index (χ1n) is 15.4. The molecule has 0 saturated carbocycles. The van der Waals surface area contributed by atoms with Gasteiger partial charge in [-0.2, -0.15) is 0 Å². The maximum atomic E-state index is 14.7. The van der Waals surface area contributed by atoms with Gasteiger partial charge in [-0.25, -0.2) is 0 Å². The van der Waals surface area contributed by atoms with E-state index in [1.54, 1.807) is 46.1 Å². The lowest BCUT2D eigenvalue weighted by Gasteiger charge is -2.37. The number of aliphatic hydroxyl groups is 1. The van der Waals surface area contributed by atoms with Crippen LogP contribution in [0.3, 0.4) is 0 Å². The van der Waals surface area contributed by atoms with Crippen LogP contribution < -0.4 is 9.64 Å². The maximum Gasteiger partial charge on any atom is 0.253 e. The van der Waals surface area contributed by atoms with Gasteiger partial charge in [0, 0.05) is 38.5 Å². The molecule has 0 radical (unpaired) electrons. The topological polar surface area (TPSA) is 99.6 Å². The van der Waals surface area contributed by atoms with Crippen LogP contribution in [0.4, 0.5) is 5.69 Å². The first-order chi connectivity index (χ1) is 20.3. The second-order valence-electron chi connectivity index (χ2n) is 11.7. The lowest BCUT2D eigenvalue weighted by atomic mass is 9.64. The number of carbonyl (C=O) groups excluding carboxylic acids is 3. The molecule has 2 bridgehead atoms. The molecule has 3 aliphatic heterocycles. The maximum absolute atomic E-state index is 14.7. The summed E-state index contributed by atoms with van der Waals surface area (Å²) in [6.07, 6.45) is 7.88. The Labute approximate surface area is 250 Å². The van der Waals surface area contributed by atoms with E-state index >= 15 is 0 Å². The lowest BCUT2D eigenvalue weighted by Crippen LogP contribution is -2.56. The molecular formula is C33H47N3O6. The highest BCUT2D eigenvalue weighted by Gasteiger charge is 2.79. The first-order valence-corrected chi connectivity index (χ1v) is 15.4. The zero-order valence-electron chi connectivity index (χ0n) is 25.4. The molecule has 1 N–H and O–H groups in total. The van der Waals surface area contributed by atoms with Crippen LogP contribution in [0.5, 0.6) is 5.75 Å². The predicted molar refractivity (Wildman–Crippen MR) is 162 cm³/mol. The van der Waals surface area contributed by atoms with Crippen molar-refractivity contribution in [1.82, 2.24) is 9.80 Å². The summed E-state index contributed by atoms with van der Waals surface area (Å²) in [5.74, 6) is -1.25. The fourth-order valence-corrected chi connectivity index (χ4v) is 7.46. The summed E-state index contributed by atoms with van der Waals surface area (Å²) < 4.78 is 12.3. The SMILES string of the molecule is C=CCN(CCC)C(=O)[C@@H]1[C@H]2C(=O)N(CCCCCO)C(C(=O)N(CC=C)c3ccc(OC)cc3)C23CC[C@@]1(CC)O3. The minimum Gasteiger partial charge on any atom is -0.497 e. The fourth-order valence-electron chi connectivity index (χ4n) is 7.46. The van der Waals surface area contributed by atoms with E-state index in [1.807, 2.05) is 26.0 Å². The van der Waals surface area contributed by atoms with Gasteiger partial charge >= 0.3 is 0 Å². The number of unbranched alkanes of at least 4 members (excludes halogenated alkanes) is 2. The second kappa shape index (κ2) is 13.4. The van der Waals surface area contributed by atoms with Gasteiger partial charge in [-0.05, 0) is 69.2 Å². The van der Waals surface area contributed by atoms with Crippen molar-refractivity contribution in [2.75, 3.05) is 44.8 Å². The number of hydrogen-bond donors (Lipinski definition) is 1. The average Bonchev–Trinajstić information content (AvgIpc) is 3.61. The van der Waals surface area contributed by atoms with E-state index in [2.05, 4.69) is 13.2 Å². The molecule has 3 saturated heterocycles. The number of amides is 3. The monoisotopic (exact) mass is 581 g/mol. The lowest BCUT2D eigenvalue weighted by molar-refractivity contribution is -0.151. The largest absolute Gasteiger partial charge is 0.497 e. The minimum atomic E-state index is -1.10. The molecular weight excluding hydrogens is 534 g/mol. The Kier molecular flexibility index (Phi) is 10.1. The van der Waals surface area contributed by atoms with Crippen LogP contribution in [-0.4, -0.2) is 89.8 Å². The van der Waals surface area contributed by atoms with Gasteiger partial charge in [-0.15, -0.1) is 13.2 Å². The molecule has 2 unspecified atom stereocenters. The number of aliphatic hydroxyl groups excluding tert-OH is 1. The Morgan fingerprint density at radius 1 is 1.10 bits per heavy atom. The average molecular weight is 582 g/mol. The number of methoxy groups -OCH3 is 1. The van der Waals surface area contributed by atoms with Crippen LogP contribution in [0.1, 0.15) is 58.8 Å². The van der Waals surface area contributed by atoms with Gasteiger partial charge in [0.25, 0.3) is 5.91 Å². The summed E-state index contributed by atoms with van der Waals surface area (Å²) in [5.41, 5.74) is -1.23. The number of ether oxygens (including phenoxy) is 2. The summed E-state index contributed by atoms with van der Waals surface area (Å²) in [4.78, 5) is 48.5. The smallest absolute Gasteiger partial charge is 0.253 e. The van der Waals surface area contributed by atoms with Crippen molar-refractivity contribution in [1.29, 1.82) is 0 Å². The third-order valence-corrected chi connectivity index (χ3v) is 9.35. The predicted octanol–water partition coefficient (Wildman–Crippen LogP) is 3.96. The van der Waals surface area contributed by atoms with Gasteiger partial charge in [-0.1, -0.05) is 26.0 Å². The van der Waals surface area contributed by atoms with Gasteiger partial charge in [0.2, 0.25) is 11.8 Å². The van der Waals surface area contributed by atoms with Crippen LogP contribution in [0.2, 0.25) is 0 Å². The zero-order chi connectivity index (χ0) is 30.5. The number of fused-ring (bicyclic) bond motifs is 1. The van der Waals surface area contributed by atoms with Crippen molar-refractivity contribution in [3.63, 3.8) is 0 Å². The van der Waals surface area contributed by atoms with Gasteiger partial charge in [-0.3, -0.25) is 14.4 Å². The third-order valence-electron chi connectivity index (χ3n) is 9.35. The highest BCUT2D eigenvalue weighted by molar-refractivity contribution is 6.05. The molecule has 0 aromatic heterocycles. The van der Waals surface area contributed by atoms with E-state index in [4.69, 9.17) is 9.47 Å². The van der Waals surface area contributed by atoms with Crippen molar-refractivity contribution < 1.29 is 29.0 Å². The van der Waals surface area contributed by atoms with Crippen LogP contribution in [0.15, 0.2) is 49.6 Å². The molecule has 3 aliphatic rings. The van der Waals surface area contributed by atoms with Crippen LogP contribution in [-0.2, 0) is 19.1 Å². The van der Waals surface area contributed by atoms with E-state index < -0.39 is 29.1 Å². The Bertz CT molecular complexity index is 1150. The normalized spacial score (nSPS) is 27.6. The second-order valence-corrected chi connectivity index (χ2v) is 11.7. The number of anilines is 1. The summed E-state index contributed by atoms with van der Waals surface area (Å²) in [5, 5.41) is 9.32. The van der Waals surface area contributed by atoms with Gasteiger partial charge in [0.05, 0.1) is 24.5 Å². The molecule has 9 nitrogen and oxygen atoms in total. The summed E-state index contributed by atoms with van der Waals surface area (Å²) in [6, 6.07) is 6.36. The van der Waals surface area contributed by atoms with Gasteiger partial charge < -0.3 is 29.3 Å². The van der Waals surface area contributed by atoms with Crippen LogP contribution >= 0.6 is 0 Å². The number of nitrogens with zero attached hydrogens (tertiary/aromatic N) is 3. The number of likely N-dealkylation sites (tertiary alicyclic amines) is 1. The molecule has 5 atom stereocenters. The molecule has 1 aromatic rings. The zero-order valence-corrected chi connectivity index (χ0v) is 25.4. The fraction of sp³-hybridized carbons (Fsp3) is 0.606. The van der Waals surface area contributed by atoms with E-state index in [1.165, 1.54) is 0 Å². The van der Waals surface area contributed by atoms with Crippen LogP contribution in [0.25, 0.3) is 0 Å². The molecule has 3 amide bonds. The first kappa shape index (κ1) is 31.8. The number of rotatable bonds is 16. The Hall–Kier alpha value is -3.17. The van der Waals surface area contributed by atoms with Crippen molar-refractivity contribution in [3.05, 3.63) is 49.6 Å². The highest BCUT2D eigenvalue weighted by Crippen LogP contribution is 2.64. The Balaban J connectivity index is 1.79. The van der Waals surface area contributed by atoms with E-state index in [9.17, 15) is 19.5 Å². The van der Waals surface area contributed by atoms with Crippen molar-refractivity contribution >= 4 is 23.4 Å². The number of benzene rings is 1. The summed E-state index contributed by atoms with van der Waals surface area (Å²) in [7, 11) is 1.59. The highest BCUT2D eigenvalue weighted by atomic mass is 16.5. The van der Waals surface area contributed by atoms with Gasteiger partial charge in [0.1, 0.15) is 17.4 Å². The minimum absolute atomic E-state index is 0.0721. The summed E-state index contributed by atoms with van der Waals surface area (Å²) >= 11 is 0.